The summed E-state index contributed by atoms with van der Waals surface area (Å²) >= 11 is 19.8. The topological polar surface area (TPSA) is 84.6 Å². The minimum atomic E-state index is -0.789. The standard InChI is InChI=1S/C29H19Cl3O5/c1-29(2,3)28(36)16-9-18(30)17(12-33)26(27(16)32)25-15-8-19(31)21(35)11-22(15)37-23-10-20(34)13-6-4-5-7-14(13)24(23)25/h4-12,35H,1-3H3. The molecule has 5 nitrogen and oxygen atoms in total. The van der Waals surface area contributed by atoms with Crippen LogP contribution < -0.4 is 5.43 Å². The van der Waals surface area contributed by atoms with Crippen LogP contribution in [0, 0.1) is 5.41 Å². The van der Waals surface area contributed by atoms with Gasteiger partial charge in [-0.15, -0.1) is 0 Å². The normalized spacial score (nSPS) is 11.9. The maximum absolute atomic E-state index is 13.4. The van der Waals surface area contributed by atoms with E-state index in [2.05, 4.69) is 0 Å². The maximum atomic E-state index is 13.4. The molecule has 1 heterocycles. The van der Waals surface area contributed by atoms with E-state index >= 15 is 0 Å². The number of carbonyl (C=O) groups is 2. The molecule has 0 saturated heterocycles. The van der Waals surface area contributed by atoms with Gasteiger partial charge in [0, 0.05) is 56.1 Å². The van der Waals surface area contributed by atoms with Crippen LogP contribution in [0.1, 0.15) is 41.5 Å². The summed E-state index contributed by atoms with van der Waals surface area (Å²) in [7, 11) is 0. The van der Waals surface area contributed by atoms with Gasteiger partial charge in [-0.2, -0.15) is 0 Å². The molecular weight excluding hydrogens is 535 g/mol. The summed E-state index contributed by atoms with van der Waals surface area (Å²) < 4.78 is 6.06. The Morgan fingerprint density at radius 2 is 1.57 bits per heavy atom. The summed E-state index contributed by atoms with van der Waals surface area (Å²) in [4.78, 5) is 38.7. The van der Waals surface area contributed by atoms with Crippen LogP contribution >= 0.6 is 34.8 Å². The van der Waals surface area contributed by atoms with Crippen molar-refractivity contribution in [2.75, 3.05) is 0 Å². The molecule has 37 heavy (non-hydrogen) atoms. The number of aldehydes is 1. The Morgan fingerprint density at radius 3 is 2.22 bits per heavy atom. The Hall–Kier alpha value is -3.38. The van der Waals surface area contributed by atoms with Crippen LogP contribution in [-0.2, 0) is 0 Å². The molecule has 1 aliphatic carbocycles. The summed E-state index contributed by atoms with van der Waals surface area (Å²) in [6.07, 6.45) is 0.572. The smallest absolute Gasteiger partial charge is 0.190 e. The van der Waals surface area contributed by atoms with Crippen molar-refractivity contribution in [2.24, 2.45) is 5.41 Å². The maximum Gasteiger partial charge on any atom is 0.190 e. The van der Waals surface area contributed by atoms with Gasteiger partial charge in [0.15, 0.2) is 17.5 Å². The number of hydrogen-bond acceptors (Lipinski definition) is 5. The van der Waals surface area contributed by atoms with Gasteiger partial charge in [-0.3, -0.25) is 14.4 Å². The Morgan fingerprint density at radius 1 is 0.892 bits per heavy atom. The van der Waals surface area contributed by atoms with E-state index in [1.807, 2.05) is 0 Å². The summed E-state index contributed by atoms with van der Waals surface area (Å²) in [6.45, 7) is 5.26. The number of hydrogen-bond donors (Lipinski definition) is 1. The van der Waals surface area contributed by atoms with Gasteiger partial charge in [-0.1, -0.05) is 79.8 Å². The highest BCUT2D eigenvalue weighted by molar-refractivity contribution is 6.41. The fourth-order valence-corrected chi connectivity index (χ4v) is 5.31. The largest absolute Gasteiger partial charge is 0.506 e. The molecule has 0 bridgehead atoms. The fraction of sp³-hybridized carbons (Fsp3) is 0.138. The van der Waals surface area contributed by atoms with Gasteiger partial charge in [-0.25, -0.2) is 0 Å². The Balaban J connectivity index is 2.11. The van der Waals surface area contributed by atoms with Crippen molar-refractivity contribution < 1.29 is 19.1 Å². The Labute approximate surface area is 226 Å². The van der Waals surface area contributed by atoms with Gasteiger partial charge >= 0.3 is 0 Å². The van der Waals surface area contributed by atoms with Crippen molar-refractivity contribution in [1.82, 2.24) is 0 Å². The van der Waals surface area contributed by atoms with Crippen LogP contribution in [0.3, 0.4) is 0 Å². The molecule has 1 N–H and O–H groups in total. The van der Waals surface area contributed by atoms with Crippen LogP contribution in [0.25, 0.3) is 44.2 Å². The molecule has 0 amide bonds. The van der Waals surface area contributed by atoms with Crippen molar-refractivity contribution in [1.29, 1.82) is 0 Å². The number of aromatic hydroxyl groups is 1. The van der Waals surface area contributed by atoms with E-state index in [9.17, 15) is 19.5 Å². The number of carbonyl (C=O) groups excluding carboxylic acids is 2. The van der Waals surface area contributed by atoms with Crippen molar-refractivity contribution in [3.05, 3.63) is 84.9 Å². The predicted octanol–water partition coefficient (Wildman–Crippen LogP) is 8.43. The summed E-state index contributed by atoms with van der Waals surface area (Å²) in [6, 6.07) is 12.5. The van der Waals surface area contributed by atoms with E-state index in [1.54, 1.807) is 45.0 Å². The molecule has 2 aliphatic rings. The van der Waals surface area contributed by atoms with E-state index in [4.69, 9.17) is 39.2 Å². The molecule has 0 atom stereocenters. The zero-order chi connectivity index (χ0) is 26.8. The van der Waals surface area contributed by atoms with Gasteiger partial charge in [0.05, 0.1) is 15.1 Å². The third kappa shape index (κ3) is 3.98. The van der Waals surface area contributed by atoms with Gasteiger partial charge in [0.25, 0.3) is 0 Å². The molecule has 8 heteroatoms. The zero-order valence-corrected chi connectivity index (χ0v) is 22.2. The number of Topliss-reactive ketones (excluding diaryl/α,β-unsaturated/α-hetero) is 1. The third-order valence-electron chi connectivity index (χ3n) is 6.31. The van der Waals surface area contributed by atoms with Gasteiger partial charge < -0.3 is 9.52 Å². The monoisotopic (exact) mass is 552 g/mol. The molecule has 0 saturated carbocycles. The molecule has 0 fully saturated rings. The van der Waals surface area contributed by atoms with Crippen molar-refractivity contribution in [2.45, 2.75) is 20.8 Å². The van der Waals surface area contributed by atoms with Gasteiger partial charge in [0.1, 0.15) is 17.1 Å². The Bertz CT molecular complexity index is 1810. The summed E-state index contributed by atoms with van der Waals surface area (Å²) in [5.74, 6) is -0.304. The molecule has 5 rings (SSSR count). The molecule has 0 aromatic heterocycles. The van der Waals surface area contributed by atoms with E-state index in [1.165, 1.54) is 24.3 Å². The fourth-order valence-electron chi connectivity index (χ4n) is 4.56. The molecular formula is C29H19Cl3O5. The zero-order valence-electron chi connectivity index (χ0n) is 19.9. The lowest BCUT2D eigenvalue weighted by molar-refractivity contribution is 0.0858. The molecule has 3 aromatic carbocycles. The van der Waals surface area contributed by atoms with Crippen LogP contribution in [-0.4, -0.2) is 17.2 Å². The third-order valence-corrected chi connectivity index (χ3v) is 7.31. The first-order valence-corrected chi connectivity index (χ1v) is 12.4. The van der Waals surface area contributed by atoms with E-state index in [0.29, 0.717) is 33.6 Å². The number of rotatable bonds is 3. The van der Waals surface area contributed by atoms with Crippen molar-refractivity contribution in [3.63, 3.8) is 0 Å². The van der Waals surface area contributed by atoms with E-state index in [0.717, 1.165) is 0 Å². The first-order valence-electron chi connectivity index (χ1n) is 11.3. The van der Waals surface area contributed by atoms with E-state index < -0.39 is 5.41 Å². The Kier molecular flexibility index (Phi) is 6.06. The van der Waals surface area contributed by atoms with Crippen LogP contribution in [0.15, 0.2) is 57.7 Å². The lowest BCUT2D eigenvalue weighted by atomic mass is 9.83. The highest BCUT2D eigenvalue weighted by Gasteiger charge is 2.31. The van der Waals surface area contributed by atoms with Crippen LogP contribution in [0.2, 0.25) is 15.1 Å². The number of phenols is 1. The minimum absolute atomic E-state index is 0.0275. The number of ketones is 1. The van der Waals surface area contributed by atoms with Gasteiger partial charge in [-0.05, 0) is 17.5 Å². The van der Waals surface area contributed by atoms with Crippen molar-refractivity contribution in [3.8, 4) is 28.2 Å². The molecule has 1 aliphatic heterocycles. The summed E-state index contributed by atoms with van der Waals surface area (Å²) in [5, 5.41) is 11.8. The number of fused-ring (bicyclic) bond motifs is 4. The average Bonchev–Trinajstić information content (AvgIpc) is 2.84. The molecule has 0 radical (unpaired) electrons. The first kappa shape index (κ1) is 25.3. The second kappa shape index (κ2) is 8.88. The van der Waals surface area contributed by atoms with E-state index in [-0.39, 0.29) is 60.1 Å². The first-order chi connectivity index (χ1) is 17.4. The molecule has 0 unspecified atom stereocenters. The highest BCUT2D eigenvalue weighted by atomic mass is 35.5. The second-order valence-electron chi connectivity index (χ2n) is 9.78. The lowest BCUT2D eigenvalue weighted by Gasteiger charge is -2.23. The molecule has 186 valence electrons. The number of halogens is 3. The lowest BCUT2D eigenvalue weighted by Crippen LogP contribution is -2.21. The minimum Gasteiger partial charge on any atom is -0.506 e. The van der Waals surface area contributed by atoms with Crippen LogP contribution in [0.4, 0.5) is 0 Å². The number of benzene rings is 4. The summed E-state index contributed by atoms with van der Waals surface area (Å²) in [5.41, 5.74) is 0.415. The average molecular weight is 554 g/mol. The second-order valence-corrected chi connectivity index (χ2v) is 11.0. The quantitative estimate of drug-likeness (QED) is 0.105. The molecule has 0 spiro atoms. The van der Waals surface area contributed by atoms with Crippen LogP contribution in [0.5, 0.6) is 5.75 Å². The number of phenolic OH excluding ortho intramolecular Hbond substituents is 1. The van der Waals surface area contributed by atoms with Crippen molar-refractivity contribution >= 4 is 68.6 Å². The molecule has 3 aromatic rings. The SMILES string of the molecule is CC(C)(C)C(=O)c1cc(Cl)c(C=O)c(-c2c3c4ccccc4c(=O)cc-3oc3cc(O)c(Cl)cc23)c1Cl. The predicted molar refractivity (Wildman–Crippen MR) is 148 cm³/mol. The highest BCUT2D eigenvalue weighted by Crippen LogP contribution is 2.50. The van der Waals surface area contributed by atoms with Gasteiger partial charge in [0.2, 0.25) is 0 Å².